The highest BCUT2D eigenvalue weighted by Gasteiger charge is 2.15. The monoisotopic (exact) mass is 276 g/mol. The van der Waals surface area contributed by atoms with E-state index in [0.29, 0.717) is 0 Å². The van der Waals surface area contributed by atoms with E-state index in [1.54, 1.807) is 12.2 Å². The van der Waals surface area contributed by atoms with Gasteiger partial charge >= 0.3 is 0 Å². The van der Waals surface area contributed by atoms with Crippen LogP contribution in [0.25, 0.3) is 17.0 Å². The summed E-state index contributed by atoms with van der Waals surface area (Å²) >= 11 is 0. The van der Waals surface area contributed by atoms with E-state index in [0.717, 1.165) is 40.7 Å². The number of aromatic amines is 1. The second kappa shape index (κ2) is 5.02. The number of anilines is 1. The van der Waals surface area contributed by atoms with E-state index in [2.05, 4.69) is 18.0 Å². The SMILES string of the molecule is CCc1ccc(N)c2c3c([nH]c12)C=C(O)C=CC3.Cl. The number of hydrogen-bond acceptors (Lipinski definition) is 2. The lowest BCUT2D eigenvalue weighted by Gasteiger charge is -2.04. The van der Waals surface area contributed by atoms with E-state index in [1.807, 2.05) is 12.1 Å². The summed E-state index contributed by atoms with van der Waals surface area (Å²) < 4.78 is 0. The molecule has 4 heteroatoms. The molecule has 0 amide bonds. The third kappa shape index (κ3) is 2.10. The lowest BCUT2D eigenvalue weighted by atomic mass is 10.0. The molecule has 1 aromatic heterocycles. The van der Waals surface area contributed by atoms with E-state index in [9.17, 15) is 5.11 Å². The number of nitrogen functional groups attached to an aromatic ring is 1. The number of aromatic nitrogens is 1. The van der Waals surface area contributed by atoms with Gasteiger partial charge in [0, 0.05) is 22.8 Å². The number of allylic oxidation sites excluding steroid dienone is 2. The molecule has 0 saturated heterocycles. The minimum absolute atomic E-state index is 0. The first-order chi connectivity index (χ1) is 8.70. The molecule has 19 heavy (non-hydrogen) atoms. The van der Waals surface area contributed by atoms with Crippen LogP contribution < -0.4 is 5.73 Å². The number of nitrogens with one attached hydrogen (secondary N) is 1. The summed E-state index contributed by atoms with van der Waals surface area (Å²) in [5.74, 6) is 0.275. The van der Waals surface area contributed by atoms with Crippen LogP contribution in [-0.4, -0.2) is 10.1 Å². The third-order valence-electron chi connectivity index (χ3n) is 3.49. The molecule has 0 spiro atoms. The van der Waals surface area contributed by atoms with Crippen molar-refractivity contribution in [3.8, 4) is 0 Å². The molecular formula is C15H17ClN2O. The Balaban J connectivity index is 0.00000133. The van der Waals surface area contributed by atoms with Crippen LogP contribution in [0, 0.1) is 0 Å². The number of nitrogens with two attached hydrogens (primary N) is 1. The first kappa shape index (κ1) is 13.6. The van der Waals surface area contributed by atoms with Crippen molar-refractivity contribution < 1.29 is 5.11 Å². The topological polar surface area (TPSA) is 62.0 Å². The van der Waals surface area contributed by atoms with Crippen molar-refractivity contribution in [1.29, 1.82) is 0 Å². The van der Waals surface area contributed by atoms with Gasteiger partial charge in [-0.25, -0.2) is 0 Å². The van der Waals surface area contributed by atoms with E-state index < -0.39 is 0 Å². The molecule has 0 fully saturated rings. The summed E-state index contributed by atoms with van der Waals surface area (Å²) in [7, 11) is 0. The molecule has 3 nitrogen and oxygen atoms in total. The maximum atomic E-state index is 9.68. The van der Waals surface area contributed by atoms with Gasteiger partial charge in [0.1, 0.15) is 5.76 Å². The van der Waals surface area contributed by atoms with Crippen molar-refractivity contribution in [3.63, 3.8) is 0 Å². The smallest absolute Gasteiger partial charge is 0.117 e. The summed E-state index contributed by atoms with van der Waals surface area (Å²) in [6.07, 6.45) is 7.19. The lowest BCUT2D eigenvalue weighted by Crippen LogP contribution is -1.91. The van der Waals surface area contributed by atoms with E-state index in [4.69, 9.17) is 5.73 Å². The Morgan fingerprint density at radius 2 is 2.16 bits per heavy atom. The molecule has 100 valence electrons. The minimum atomic E-state index is 0. The average molecular weight is 277 g/mol. The van der Waals surface area contributed by atoms with E-state index in [-0.39, 0.29) is 18.2 Å². The summed E-state index contributed by atoms with van der Waals surface area (Å²) in [6.45, 7) is 2.13. The maximum Gasteiger partial charge on any atom is 0.117 e. The lowest BCUT2D eigenvalue weighted by molar-refractivity contribution is 0.437. The highest BCUT2D eigenvalue weighted by molar-refractivity contribution is 5.98. The molecule has 4 N–H and O–H groups in total. The average Bonchev–Trinajstić information content (AvgIpc) is 2.60. The third-order valence-corrected chi connectivity index (χ3v) is 3.49. The Labute approximate surface area is 118 Å². The maximum absolute atomic E-state index is 9.68. The predicted molar refractivity (Wildman–Crippen MR) is 82.8 cm³/mol. The van der Waals surface area contributed by atoms with Gasteiger partial charge in [0.25, 0.3) is 0 Å². The summed E-state index contributed by atoms with van der Waals surface area (Å²) in [6, 6.07) is 4.03. The molecule has 0 unspecified atom stereocenters. The van der Waals surface area contributed by atoms with Crippen LogP contribution in [-0.2, 0) is 12.8 Å². The molecule has 2 aromatic rings. The zero-order chi connectivity index (χ0) is 12.7. The molecule has 0 radical (unpaired) electrons. The predicted octanol–water partition coefficient (Wildman–Crippen LogP) is 3.75. The van der Waals surface area contributed by atoms with Crippen LogP contribution in [0.1, 0.15) is 23.7 Å². The number of benzene rings is 1. The van der Waals surface area contributed by atoms with Crippen molar-refractivity contribution in [2.75, 3.05) is 5.73 Å². The Morgan fingerprint density at radius 3 is 2.89 bits per heavy atom. The van der Waals surface area contributed by atoms with Crippen molar-refractivity contribution in [2.24, 2.45) is 0 Å². The Hall–Kier alpha value is -1.87. The number of H-pyrrole nitrogens is 1. The first-order valence-corrected chi connectivity index (χ1v) is 6.19. The number of hydrogen-bond donors (Lipinski definition) is 3. The van der Waals surface area contributed by atoms with Crippen LogP contribution in [0.5, 0.6) is 0 Å². The second-order valence-electron chi connectivity index (χ2n) is 4.61. The highest BCUT2D eigenvalue weighted by atomic mass is 35.5. The Kier molecular flexibility index (Phi) is 3.58. The van der Waals surface area contributed by atoms with Crippen LogP contribution in [0.3, 0.4) is 0 Å². The molecule has 0 saturated carbocycles. The van der Waals surface area contributed by atoms with Gasteiger partial charge in [-0.1, -0.05) is 19.1 Å². The Morgan fingerprint density at radius 1 is 1.37 bits per heavy atom. The number of fused-ring (bicyclic) bond motifs is 3. The molecular weight excluding hydrogens is 260 g/mol. The molecule has 1 aromatic carbocycles. The molecule has 0 aliphatic heterocycles. The Bertz CT molecular complexity index is 683. The van der Waals surface area contributed by atoms with Gasteiger partial charge in [-0.05, 0) is 36.1 Å². The molecule has 1 heterocycles. The molecule has 3 rings (SSSR count). The van der Waals surface area contributed by atoms with Crippen molar-refractivity contribution >= 4 is 35.1 Å². The minimum Gasteiger partial charge on any atom is -0.508 e. The van der Waals surface area contributed by atoms with Gasteiger partial charge in [-0.15, -0.1) is 12.4 Å². The number of aliphatic hydroxyl groups excluding tert-OH is 1. The van der Waals surface area contributed by atoms with Crippen LogP contribution in [0.15, 0.2) is 30.0 Å². The first-order valence-electron chi connectivity index (χ1n) is 6.19. The second-order valence-corrected chi connectivity index (χ2v) is 4.61. The van der Waals surface area contributed by atoms with Gasteiger partial charge in [0.05, 0.1) is 5.52 Å². The molecule has 0 bridgehead atoms. The van der Waals surface area contributed by atoms with E-state index >= 15 is 0 Å². The fourth-order valence-electron chi connectivity index (χ4n) is 2.60. The van der Waals surface area contributed by atoms with Gasteiger partial charge in [-0.2, -0.15) is 0 Å². The van der Waals surface area contributed by atoms with Crippen LogP contribution >= 0.6 is 12.4 Å². The van der Waals surface area contributed by atoms with Crippen molar-refractivity contribution in [1.82, 2.24) is 4.98 Å². The number of aliphatic hydroxyl groups is 1. The van der Waals surface area contributed by atoms with Gasteiger partial charge < -0.3 is 15.8 Å². The van der Waals surface area contributed by atoms with Gasteiger partial charge in [0.2, 0.25) is 0 Å². The van der Waals surface area contributed by atoms with Crippen LogP contribution in [0.2, 0.25) is 0 Å². The number of aryl methyl sites for hydroxylation is 1. The molecule has 1 aliphatic carbocycles. The van der Waals surface area contributed by atoms with Gasteiger partial charge in [0.15, 0.2) is 0 Å². The molecule has 1 aliphatic rings. The standard InChI is InChI=1S/C15H16N2O.ClH/c1-2-9-6-7-12(16)14-11-5-3-4-10(18)8-13(11)17-15(9)14;/h3-4,6-8,17-18H,2,5,16H2,1H3;1H. The zero-order valence-corrected chi connectivity index (χ0v) is 11.6. The fourth-order valence-corrected chi connectivity index (χ4v) is 2.60. The summed E-state index contributed by atoms with van der Waals surface area (Å²) in [5.41, 5.74) is 11.4. The largest absolute Gasteiger partial charge is 0.508 e. The quantitative estimate of drug-likeness (QED) is 0.695. The van der Waals surface area contributed by atoms with Crippen LogP contribution in [0.4, 0.5) is 5.69 Å². The summed E-state index contributed by atoms with van der Waals surface area (Å²) in [4.78, 5) is 3.39. The number of halogens is 1. The normalized spacial score (nSPS) is 13.6. The molecule has 0 atom stereocenters. The highest BCUT2D eigenvalue weighted by Crippen LogP contribution is 2.33. The van der Waals surface area contributed by atoms with Gasteiger partial charge in [-0.3, -0.25) is 0 Å². The zero-order valence-electron chi connectivity index (χ0n) is 10.7. The van der Waals surface area contributed by atoms with Crippen molar-refractivity contribution in [2.45, 2.75) is 19.8 Å². The fraction of sp³-hybridized carbons (Fsp3) is 0.200. The summed E-state index contributed by atoms with van der Waals surface area (Å²) in [5, 5.41) is 10.8. The van der Waals surface area contributed by atoms with Crippen molar-refractivity contribution in [3.05, 3.63) is 46.9 Å². The van der Waals surface area contributed by atoms with E-state index in [1.165, 1.54) is 5.56 Å². The number of rotatable bonds is 1.